The molecule has 0 aliphatic carbocycles. The number of carbonyl (C=O) groups excluding carboxylic acids is 2. The molecule has 4 bridgehead atoms. The second kappa shape index (κ2) is 10.7. The van der Waals surface area contributed by atoms with Crippen molar-refractivity contribution in [3.63, 3.8) is 0 Å². The fourth-order valence-corrected chi connectivity index (χ4v) is 6.50. The number of nitrogens with zero attached hydrogens (tertiary/aromatic N) is 4. The summed E-state index contributed by atoms with van der Waals surface area (Å²) in [4.78, 5) is 34.1. The van der Waals surface area contributed by atoms with Gasteiger partial charge < -0.3 is 9.80 Å². The number of amides is 2. The minimum atomic E-state index is 0.103. The lowest BCUT2D eigenvalue weighted by molar-refractivity contribution is -0.139. The fourth-order valence-electron chi connectivity index (χ4n) is 6.50. The highest BCUT2D eigenvalue weighted by Gasteiger charge is 2.46. The molecule has 0 N–H and O–H groups in total. The molecule has 4 atom stereocenters. The summed E-state index contributed by atoms with van der Waals surface area (Å²) in [6, 6.07) is 3.26. The Balaban J connectivity index is 0.000000196. The number of hydrogen-bond donors (Lipinski definition) is 0. The van der Waals surface area contributed by atoms with Gasteiger partial charge in [-0.1, -0.05) is 41.5 Å². The van der Waals surface area contributed by atoms with Gasteiger partial charge in [-0.25, -0.2) is 0 Å². The monoisotopic (exact) mass is 490 g/mol. The first-order valence-corrected chi connectivity index (χ1v) is 14.2. The third kappa shape index (κ3) is 7.21. The second-order valence-electron chi connectivity index (χ2n) is 14.6. The van der Waals surface area contributed by atoms with E-state index < -0.39 is 0 Å². The van der Waals surface area contributed by atoms with E-state index in [1.807, 2.05) is 0 Å². The summed E-state index contributed by atoms with van der Waals surface area (Å²) in [5.41, 5.74) is 0.211. The smallest absolute Gasteiger partial charge is 0.223 e. The van der Waals surface area contributed by atoms with Gasteiger partial charge in [0.1, 0.15) is 0 Å². The lowest BCUT2D eigenvalue weighted by Crippen LogP contribution is -2.57. The Kier molecular flexibility index (Phi) is 8.68. The van der Waals surface area contributed by atoms with Crippen LogP contribution in [0.5, 0.6) is 0 Å². The third-order valence-electron chi connectivity index (χ3n) is 8.16. The van der Waals surface area contributed by atoms with Gasteiger partial charge in [0.15, 0.2) is 0 Å². The van der Waals surface area contributed by atoms with E-state index in [2.05, 4.69) is 88.8 Å². The Morgan fingerprint density at radius 1 is 0.686 bits per heavy atom. The average Bonchev–Trinajstić information content (AvgIpc) is 3.37. The van der Waals surface area contributed by atoms with Gasteiger partial charge in [-0.15, -0.1) is 0 Å². The molecule has 4 heterocycles. The number of piperazine rings is 2. The van der Waals surface area contributed by atoms with Gasteiger partial charge in [-0.2, -0.15) is 0 Å². The molecular formula is C29H54N4O2. The van der Waals surface area contributed by atoms with Crippen molar-refractivity contribution in [3.8, 4) is 0 Å². The van der Waals surface area contributed by atoms with E-state index >= 15 is 0 Å². The van der Waals surface area contributed by atoms with Gasteiger partial charge in [0.2, 0.25) is 11.8 Å². The molecule has 0 spiro atoms. The zero-order chi connectivity index (χ0) is 26.3. The number of hydrogen-bond acceptors (Lipinski definition) is 4. The lowest BCUT2D eigenvalue weighted by Gasteiger charge is -2.43. The van der Waals surface area contributed by atoms with E-state index in [-0.39, 0.29) is 10.8 Å². The van der Waals surface area contributed by atoms with Crippen molar-refractivity contribution in [1.29, 1.82) is 0 Å². The van der Waals surface area contributed by atoms with Crippen LogP contribution in [-0.4, -0.2) is 93.8 Å². The molecule has 4 rings (SSSR count). The number of likely N-dealkylation sites (tertiary alicyclic amines) is 3. The Labute approximate surface area is 215 Å². The maximum atomic E-state index is 12.5. The highest BCUT2D eigenvalue weighted by molar-refractivity contribution is 5.78. The Hall–Kier alpha value is -1.14. The van der Waals surface area contributed by atoms with Crippen molar-refractivity contribution in [2.75, 3.05) is 26.2 Å². The van der Waals surface area contributed by atoms with Gasteiger partial charge in [-0.05, 0) is 57.8 Å². The summed E-state index contributed by atoms with van der Waals surface area (Å²) in [6.07, 6.45) is 4.95. The van der Waals surface area contributed by atoms with Crippen LogP contribution in [0.15, 0.2) is 0 Å². The van der Waals surface area contributed by atoms with Crippen molar-refractivity contribution in [2.45, 2.75) is 138 Å². The molecule has 4 unspecified atom stereocenters. The summed E-state index contributed by atoms with van der Waals surface area (Å²) in [7, 11) is 0. The van der Waals surface area contributed by atoms with Crippen LogP contribution >= 0.6 is 0 Å². The van der Waals surface area contributed by atoms with Crippen LogP contribution in [-0.2, 0) is 9.59 Å². The van der Waals surface area contributed by atoms with Crippen LogP contribution in [0.3, 0.4) is 0 Å². The summed E-state index contributed by atoms with van der Waals surface area (Å²) in [5, 5.41) is 0. The topological polar surface area (TPSA) is 47.1 Å². The minimum absolute atomic E-state index is 0.103. The van der Waals surface area contributed by atoms with Crippen LogP contribution in [0.1, 0.15) is 101 Å². The van der Waals surface area contributed by atoms with Crippen LogP contribution in [0, 0.1) is 10.8 Å². The fraction of sp³-hybridized carbons (Fsp3) is 0.931. The van der Waals surface area contributed by atoms with Crippen LogP contribution in [0.4, 0.5) is 0 Å². The summed E-state index contributed by atoms with van der Waals surface area (Å²) in [5.74, 6) is 0.729. The Bertz CT molecular complexity index is 737. The normalized spacial score (nSPS) is 29.3. The van der Waals surface area contributed by atoms with E-state index in [0.29, 0.717) is 60.9 Å². The number of fused-ring (bicyclic) bond motifs is 4. The SMILES string of the molecule is CC(C)N1CC2CC1CN2C(=O)CC(C)(C)C.CC(C)N1CC2CCC(C1)N2C(=O)CC(C)(C)C. The van der Waals surface area contributed by atoms with Crippen LogP contribution < -0.4 is 0 Å². The van der Waals surface area contributed by atoms with Crippen molar-refractivity contribution in [1.82, 2.24) is 19.6 Å². The number of rotatable bonds is 4. The summed E-state index contributed by atoms with van der Waals surface area (Å²) >= 11 is 0. The molecule has 4 aliphatic rings. The third-order valence-corrected chi connectivity index (χ3v) is 8.16. The molecule has 2 amide bonds. The zero-order valence-corrected chi connectivity index (χ0v) is 24.4. The van der Waals surface area contributed by atoms with Crippen molar-refractivity contribution < 1.29 is 9.59 Å². The van der Waals surface area contributed by atoms with E-state index in [4.69, 9.17) is 0 Å². The Morgan fingerprint density at radius 3 is 1.60 bits per heavy atom. The maximum Gasteiger partial charge on any atom is 0.223 e. The quantitative estimate of drug-likeness (QED) is 0.577. The van der Waals surface area contributed by atoms with Gasteiger partial charge in [-0.3, -0.25) is 19.4 Å². The largest absolute Gasteiger partial charge is 0.337 e. The molecule has 0 aromatic rings. The van der Waals surface area contributed by atoms with E-state index in [1.54, 1.807) is 0 Å². The lowest BCUT2D eigenvalue weighted by atomic mass is 9.91. The number of carbonyl (C=O) groups is 2. The molecule has 0 saturated carbocycles. The molecule has 202 valence electrons. The molecule has 0 aromatic carbocycles. The van der Waals surface area contributed by atoms with Crippen LogP contribution in [0.25, 0.3) is 0 Å². The van der Waals surface area contributed by atoms with Gasteiger partial charge in [0.05, 0.1) is 0 Å². The molecule has 6 heteroatoms. The first-order valence-electron chi connectivity index (χ1n) is 14.2. The molecule has 0 radical (unpaired) electrons. The van der Waals surface area contributed by atoms with Crippen molar-refractivity contribution >= 4 is 11.8 Å². The standard InChI is InChI=1S/C15H28N2O.C14H26N2O/c1-11(2)16-9-12-6-7-13(10-16)17(12)14(18)8-15(3,4)5;1-10(2)15-8-12-6-11(15)9-16(12)13(17)7-14(3,4)5/h11-13H,6-10H2,1-5H3;10-12H,6-9H2,1-5H3. The predicted molar refractivity (Wildman–Crippen MR) is 144 cm³/mol. The van der Waals surface area contributed by atoms with Crippen LogP contribution in [0.2, 0.25) is 0 Å². The van der Waals surface area contributed by atoms with Gasteiger partial charge in [0, 0.05) is 75.3 Å². The molecule has 4 fully saturated rings. The first-order chi connectivity index (χ1) is 16.1. The minimum Gasteiger partial charge on any atom is -0.337 e. The molecule has 0 aromatic heterocycles. The van der Waals surface area contributed by atoms with E-state index in [1.165, 1.54) is 19.3 Å². The maximum absolute atomic E-state index is 12.5. The molecule has 4 saturated heterocycles. The highest BCUT2D eigenvalue weighted by atomic mass is 16.2. The van der Waals surface area contributed by atoms with Crippen molar-refractivity contribution in [3.05, 3.63) is 0 Å². The van der Waals surface area contributed by atoms with E-state index in [9.17, 15) is 9.59 Å². The second-order valence-corrected chi connectivity index (χ2v) is 14.6. The zero-order valence-electron chi connectivity index (χ0n) is 24.4. The first kappa shape index (κ1) is 28.4. The average molecular weight is 491 g/mol. The van der Waals surface area contributed by atoms with Crippen molar-refractivity contribution in [2.24, 2.45) is 10.8 Å². The predicted octanol–water partition coefficient (Wildman–Crippen LogP) is 4.62. The molecule has 35 heavy (non-hydrogen) atoms. The highest BCUT2D eigenvalue weighted by Crippen LogP contribution is 2.35. The molecular weight excluding hydrogens is 436 g/mol. The summed E-state index contributed by atoms with van der Waals surface area (Å²) in [6.45, 7) is 26.1. The Morgan fingerprint density at radius 2 is 1.20 bits per heavy atom. The van der Waals surface area contributed by atoms with E-state index in [0.717, 1.165) is 26.2 Å². The van der Waals surface area contributed by atoms with Gasteiger partial charge in [0.25, 0.3) is 0 Å². The summed E-state index contributed by atoms with van der Waals surface area (Å²) < 4.78 is 0. The van der Waals surface area contributed by atoms with Gasteiger partial charge >= 0.3 is 0 Å². The molecule has 4 aliphatic heterocycles. The molecule has 6 nitrogen and oxygen atoms in total.